The molecule has 4 aliphatic carbocycles. The second-order valence-corrected chi connectivity index (χ2v) is 9.06. The van der Waals surface area contributed by atoms with Crippen molar-refractivity contribution in [2.75, 3.05) is 19.6 Å². The molecule has 0 aromatic carbocycles. The first kappa shape index (κ1) is 16.1. The molecular formula is C19H30N4O2. The average molecular weight is 346 g/mol. The maximum Gasteiger partial charge on any atom is 0.0775 e. The number of oxime groups is 2. The third kappa shape index (κ3) is 2.29. The second-order valence-electron chi connectivity index (χ2n) is 9.06. The molecule has 6 nitrogen and oxygen atoms in total. The molecule has 0 unspecified atom stereocenters. The summed E-state index contributed by atoms with van der Waals surface area (Å²) in [6, 6.07) is 1.17. The van der Waals surface area contributed by atoms with Gasteiger partial charge in [-0.05, 0) is 57.3 Å². The number of hydrogen-bond acceptors (Lipinski definition) is 6. The summed E-state index contributed by atoms with van der Waals surface area (Å²) in [6.07, 6.45) is 7.41. The van der Waals surface area contributed by atoms with Gasteiger partial charge in [0.25, 0.3) is 0 Å². The molecule has 7 atom stereocenters. The summed E-state index contributed by atoms with van der Waals surface area (Å²) in [5.74, 6) is 2.41. The van der Waals surface area contributed by atoms with Crippen LogP contribution in [0.1, 0.15) is 45.4 Å². The first-order chi connectivity index (χ1) is 12.2. The predicted molar refractivity (Wildman–Crippen MR) is 95.4 cm³/mol. The molecule has 138 valence electrons. The molecule has 0 amide bonds. The summed E-state index contributed by atoms with van der Waals surface area (Å²) in [7, 11) is 0. The summed E-state index contributed by atoms with van der Waals surface area (Å²) in [5.41, 5.74) is 2.10. The standard InChI is InChI=1S/C19H30N4O2/c1-11-10-22(18-14-4-2-12(8-14)16(18)20-24)6-7-23(11)19-15-5-3-13(9-15)17(19)21-25/h11-15,18-19,24-25H,2-10H2,1H3/b20-16-,21-17-/t11-,12+,13+,14+,15+,18-,19+/m1/s1. The molecule has 1 aliphatic heterocycles. The molecule has 0 radical (unpaired) electrons. The van der Waals surface area contributed by atoms with Gasteiger partial charge in [0.15, 0.2) is 0 Å². The summed E-state index contributed by atoms with van der Waals surface area (Å²) in [6.45, 7) is 5.40. The summed E-state index contributed by atoms with van der Waals surface area (Å²) < 4.78 is 0. The lowest BCUT2D eigenvalue weighted by molar-refractivity contribution is 0.0344. The molecule has 0 aromatic heterocycles. The van der Waals surface area contributed by atoms with Crippen molar-refractivity contribution in [1.82, 2.24) is 9.80 Å². The van der Waals surface area contributed by atoms with E-state index in [2.05, 4.69) is 27.0 Å². The topological polar surface area (TPSA) is 71.7 Å². The Hall–Kier alpha value is -1.14. The molecule has 4 bridgehead atoms. The van der Waals surface area contributed by atoms with Gasteiger partial charge in [0.05, 0.1) is 23.5 Å². The number of rotatable bonds is 2. The Morgan fingerprint density at radius 1 is 0.840 bits per heavy atom. The third-order valence-electron chi connectivity index (χ3n) is 7.97. The van der Waals surface area contributed by atoms with E-state index >= 15 is 0 Å². The predicted octanol–water partition coefficient (Wildman–Crippen LogP) is 2.25. The molecule has 1 heterocycles. The number of nitrogens with zero attached hydrogens (tertiary/aromatic N) is 4. The van der Waals surface area contributed by atoms with E-state index in [9.17, 15) is 10.4 Å². The average Bonchev–Trinajstić information content (AvgIpc) is 3.39. The van der Waals surface area contributed by atoms with Crippen LogP contribution in [0, 0.1) is 23.7 Å². The Labute approximate surface area is 149 Å². The lowest BCUT2D eigenvalue weighted by atomic mass is 9.88. The fourth-order valence-corrected chi connectivity index (χ4v) is 6.98. The van der Waals surface area contributed by atoms with E-state index in [-0.39, 0.29) is 0 Å². The fraction of sp³-hybridized carbons (Fsp3) is 0.895. The van der Waals surface area contributed by atoms with Gasteiger partial charge in [0.1, 0.15) is 0 Å². The van der Waals surface area contributed by atoms with Gasteiger partial charge >= 0.3 is 0 Å². The highest BCUT2D eigenvalue weighted by atomic mass is 16.4. The fourth-order valence-electron chi connectivity index (χ4n) is 6.98. The zero-order valence-corrected chi connectivity index (χ0v) is 15.1. The largest absolute Gasteiger partial charge is 0.411 e. The highest BCUT2D eigenvalue weighted by Crippen LogP contribution is 2.47. The maximum atomic E-state index is 9.55. The van der Waals surface area contributed by atoms with Crippen LogP contribution in [0.15, 0.2) is 10.3 Å². The Balaban J connectivity index is 1.31. The van der Waals surface area contributed by atoms with Crippen molar-refractivity contribution in [2.45, 2.75) is 63.6 Å². The molecule has 6 heteroatoms. The smallest absolute Gasteiger partial charge is 0.0775 e. The van der Waals surface area contributed by atoms with E-state index in [0.717, 1.165) is 31.1 Å². The van der Waals surface area contributed by atoms with Gasteiger partial charge < -0.3 is 10.4 Å². The highest BCUT2D eigenvalue weighted by Gasteiger charge is 2.52. The van der Waals surface area contributed by atoms with Crippen LogP contribution in [-0.4, -0.2) is 69.4 Å². The van der Waals surface area contributed by atoms with Crippen LogP contribution in [0.4, 0.5) is 0 Å². The lowest BCUT2D eigenvalue weighted by Gasteiger charge is -2.48. The van der Waals surface area contributed by atoms with Crippen molar-refractivity contribution < 1.29 is 10.4 Å². The highest BCUT2D eigenvalue weighted by molar-refractivity contribution is 5.95. The van der Waals surface area contributed by atoms with Crippen molar-refractivity contribution in [3.05, 3.63) is 0 Å². The molecular weight excluding hydrogens is 316 g/mol. The van der Waals surface area contributed by atoms with Crippen LogP contribution in [0.5, 0.6) is 0 Å². The minimum Gasteiger partial charge on any atom is -0.411 e. The number of piperazine rings is 1. The second kappa shape index (κ2) is 5.95. The van der Waals surface area contributed by atoms with Gasteiger partial charge in [-0.1, -0.05) is 10.3 Å². The van der Waals surface area contributed by atoms with Gasteiger partial charge in [0, 0.05) is 37.5 Å². The lowest BCUT2D eigenvalue weighted by Crippen LogP contribution is -2.61. The maximum absolute atomic E-state index is 9.55. The van der Waals surface area contributed by atoms with Crippen LogP contribution >= 0.6 is 0 Å². The molecule has 1 saturated heterocycles. The third-order valence-corrected chi connectivity index (χ3v) is 7.97. The van der Waals surface area contributed by atoms with Crippen LogP contribution < -0.4 is 0 Å². The van der Waals surface area contributed by atoms with Crippen LogP contribution in [0.25, 0.3) is 0 Å². The summed E-state index contributed by atoms with van der Waals surface area (Å²) >= 11 is 0. The van der Waals surface area contributed by atoms with E-state index in [1.54, 1.807) is 0 Å². The van der Waals surface area contributed by atoms with E-state index in [1.807, 2.05) is 0 Å². The minimum absolute atomic E-state index is 0.354. The Morgan fingerprint density at radius 2 is 1.44 bits per heavy atom. The zero-order valence-electron chi connectivity index (χ0n) is 15.1. The van der Waals surface area contributed by atoms with Crippen molar-refractivity contribution in [3.8, 4) is 0 Å². The van der Waals surface area contributed by atoms with E-state index in [1.165, 1.54) is 38.5 Å². The van der Waals surface area contributed by atoms with Crippen molar-refractivity contribution in [2.24, 2.45) is 34.0 Å². The zero-order chi connectivity index (χ0) is 17.1. The van der Waals surface area contributed by atoms with Crippen molar-refractivity contribution >= 4 is 11.4 Å². The molecule has 4 saturated carbocycles. The Bertz CT molecular complexity index is 606. The van der Waals surface area contributed by atoms with Crippen LogP contribution in [0.2, 0.25) is 0 Å². The van der Waals surface area contributed by atoms with Crippen LogP contribution in [0.3, 0.4) is 0 Å². The molecule has 0 aromatic rings. The first-order valence-corrected chi connectivity index (χ1v) is 10.1. The number of hydrogen-bond donors (Lipinski definition) is 2. The van der Waals surface area contributed by atoms with Gasteiger partial charge in [-0.3, -0.25) is 9.80 Å². The molecule has 5 fully saturated rings. The number of fused-ring (bicyclic) bond motifs is 4. The Morgan fingerprint density at radius 3 is 2.04 bits per heavy atom. The van der Waals surface area contributed by atoms with Gasteiger partial charge in [0.2, 0.25) is 0 Å². The van der Waals surface area contributed by atoms with Gasteiger partial charge in [-0.25, -0.2) is 0 Å². The first-order valence-electron chi connectivity index (χ1n) is 10.1. The molecule has 25 heavy (non-hydrogen) atoms. The van der Waals surface area contributed by atoms with Crippen LogP contribution in [-0.2, 0) is 0 Å². The van der Waals surface area contributed by atoms with E-state index < -0.39 is 0 Å². The van der Waals surface area contributed by atoms with Crippen molar-refractivity contribution in [1.29, 1.82) is 0 Å². The summed E-state index contributed by atoms with van der Waals surface area (Å²) in [4.78, 5) is 5.17. The van der Waals surface area contributed by atoms with Gasteiger partial charge in [-0.15, -0.1) is 0 Å². The van der Waals surface area contributed by atoms with E-state index in [4.69, 9.17) is 0 Å². The molecule has 2 N–H and O–H groups in total. The SMILES string of the molecule is C[C@@H]1CN([C@H]2/C(=N\O)[C@H]3CC[C@H]2C3)CCN1[C@@H]1/C(=N\O)[C@H]2CC[C@H]1C2. The monoisotopic (exact) mass is 346 g/mol. The quantitative estimate of drug-likeness (QED) is 0.594. The summed E-state index contributed by atoms with van der Waals surface area (Å²) in [5, 5.41) is 26.5. The minimum atomic E-state index is 0.354. The van der Waals surface area contributed by atoms with E-state index in [0.29, 0.717) is 41.8 Å². The normalized spacial score (nSPS) is 50.5. The molecule has 5 rings (SSSR count). The molecule has 0 spiro atoms. The van der Waals surface area contributed by atoms with Gasteiger partial charge in [-0.2, -0.15) is 0 Å². The molecule has 5 aliphatic rings. The Kier molecular flexibility index (Phi) is 3.82. The van der Waals surface area contributed by atoms with Crippen molar-refractivity contribution in [3.63, 3.8) is 0 Å².